The Bertz CT molecular complexity index is 443. The molecular weight excluding hydrogens is 246 g/mol. The summed E-state index contributed by atoms with van der Waals surface area (Å²) < 4.78 is 5.04. The zero-order chi connectivity index (χ0) is 14.3. The molecule has 1 heterocycles. The first-order chi connectivity index (χ1) is 9.08. The van der Waals surface area contributed by atoms with E-state index in [2.05, 4.69) is 21.0 Å². The van der Waals surface area contributed by atoms with Crippen LogP contribution in [0.15, 0.2) is 0 Å². The fourth-order valence-corrected chi connectivity index (χ4v) is 1.41. The number of anilines is 3. The molecule has 0 fully saturated rings. The number of hydrogen-bond donors (Lipinski definition) is 1. The molecule has 0 aliphatic rings. The number of aromatic nitrogens is 3. The van der Waals surface area contributed by atoms with Crippen LogP contribution < -0.4 is 15.5 Å². The highest BCUT2D eigenvalue weighted by atomic mass is 16.5. The lowest BCUT2D eigenvalue weighted by molar-refractivity contribution is 0.205. The van der Waals surface area contributed by atoms with Gasteiger partial charge in [-0.1, -0.05) is 0 Å². The van der Waals surface area contributed by atoms with Crippen LogP contribution in [0.5, 0.6) is 0 Å². The number of methoxy groups -OCH3 is 1. The van der Waals surface area contributed by atoms with E-state index in [1.165, 1.54) is 0 Å². The Balaban J connectivity index is 2.96. The van der Waals surface area contributed by atoms with E-state index in [1.807, 2.05) is 19.0 Å². The van der Waals surface area contributed by atoms with Crippen molar-refractivity contribution in [2.45, 2.75) is 6.42 Å². The summed E-state index contributed by atoms with van der Waals surface area (Å²) >= 11 is 0. The van der Waals surface area contributed by atoms with E-state index in [9.17, 15) is 0 Å². The zero-order valence-corrected chi connectivity index (χ0v) is 11.5. The molecule has 2 N–H and O–H groups in total. The summed E-state index contributed by atoms with van der Waals surface area (Å²) in [5.41, 5.74) is 5.68. The molecule has 0 radical (unpaired) electrons. The van der Waals surface area contributed by atoms with Crippen molar-refractivity contribution in [3.05, 3.63) is 0 Å². The van der Waals surface area contributed by atoms with Crippen molar-refractivity contribution in [3.8, 4) is 6.07 Å². The predicted octanol–water partition coefficient (Wildman–Crippen LogP) is -0.114. The standard InChI is InChI=1S/C11H19N7O/c1-17(2)10-14-9(13)15-11(16-10)18(6-4-5-12)7-8-19-3/h4,6-8H2,1-3H3,(H2,13,14,15,16). The van der Waals surface area contributed by atoms with E-state index in [-0.39, 0.29) is 5.95 Å². The Morgan fingerprint density at radius 2 is 1.89 bits per heavy atom. The molecule has 0 saturated carbocycles. The maximum absolute atomic E-state index is 8.69. The Kier molecular flexibility index (Phi) is 5.75. The van der Waals surface area contributed by atoms with Gasteiger partial charge in [-0.05, 0) is 0 Å². The summed E-state index contributed by atoms with van der Waals surface area (Å²) in [7, 11) is 5.27. The SMILES string of the molecule is COCCN(CCC#N)c1nc(N)nc(N(C)C)n1. The normalized spacial score (nSPS) is 10.0. The molecule has 0 amide bonds. The Morgan fingerprint density at radius 3 is 2.47 bits per heavy atom. The summed E-state index contributed by atoms with van der Waals surface area (Å²) in [6, 6.07) is 2.10. The van der Waals surface area contributed by atoms with Crippen LogP contribution in [-0.4, -0.2) is 55.9 Å². The molecule has 1 aromatic rings. The molecule has 0 aliphatic carbocycles. The van der Waals surface area contributed by atoms with E-state index in [4.69, 9.17) is 15.7 Å². The van der Waals surface area contributed by atoms with Gasteiger partial charge in [-0.2, -0.15) is 20.2 Å². The number of ether oxygens (including phenoxy) is 1. The second kappa shape index (κ2) is 7.33. The van der Waals surface area contributed by atoms with Gasteiger partial charge in [-0.15, -0.1) is 0 Å². The number of rotatable bonds is 7. The minimum Gasteiger partial charge on any atom is -0.383 e. The highest BCUT2D eigenvalue weighted by molar-refractivity contribution is 5.42. The van der Waals surface area contributed by atoms with Gasteiger partial charge in [0.1, 0.15) is 0 Å². The molecule has 8 nitrogen and oxygen atoms in total. The molecule has 0 aliphatic heterocycles. The summed E-state index contributed by atoms with van der Waals surface area (Å²) in [6.45, 7) is 1.64. The molecule has 0 bridgehead atoms. The third-order valence-corrected chi connectivity index (χ3v) is 2.37. The smallest absolute Gasteiger partial charge is 0.232 e. The van der Waals surface area contributed by atoms with E-state index in [0.29, 0.717) is 38.0 Å². The van der Waals surface area contributed by atoms with E-state index < -0.39 is 0 Å². The number of nitrogens with zero attached hydrogens (tertiary/aromatic N) is 6. The van der Waals surface area contributed by atoms with Crippen molar-refractivity contribution in [1.82, 2.24) is 15.0 Å². The summed E-state index contributed by atoms with van der Waals surface area (Å²) in [5, 5.41) is 8.69. The third kappa shape index (κ3) is 4.56. The van der Waals surface area contributed by atoms with Crippen LogP contribution in [0, 0.1) is 11.3 Å². The average molecular weight is 265 g/mol. The summed E-state index contributed by atoms with van der Waals surface area (Å²) in [6.07, 6.45) is 0.382. The van der Waals surface area contributed by atoms with Gasteiger partial charge >= 0.3 is 0 Å². The van der Waals surface area contributed by atoms with Crippen molar-refractivity contribution >= 4 is 17.8 Å². The Labute approximate surface area is 112 Å². The summed E-state index contributed by atoms with van der Waals surface area (Å²) in [4.78, 5) is 16.1. The third-order valence-electron chi connectivity index (χ3n) is 2.37. The lowest BCUT2D eigenvalue weighted by atomic mass is 10.4. The molecule has 19 heavy (non-hydrogen) atoms. The van der Waals surface area contributed by atoms with Crippen molar-refractivity contribution in [2.24, 2.45) is 0 Å². The van der Waals surface area contributed by atoms with Crippen molar-refractivity contribution < 1.29 is 4.74 Å². The van der Waals surface area contributed by atoms with Gasteiger partial charge in [0.2, 0.25) is 17.8 Å². The molecule has 0 aromatic carbocycles. The van der Waals surface area contributed by atoms with Crippen LogP contribution in [-0.2, 0) is 4.74 Å². The van der Waals surface area contributed by atoms with Gasteiger partial charge in [0.05, 0.1) is 19.1 Å². The van der Waals surface area contributed by atoms with Crippen LogP contribution in [0.3, 0.4) is 0 Å². The number of nitriles is 1. The van der Waals surface area contributed by atoms with Crippen molar-refractivity contribution in [3.63, 3.8) is 0 Å². The van der Waals surface area contributed by atoms with Gasteiger partial charge < -0.3 is 20.3 Å². The second-order valence-electron chi connectivity index (χ2n) is 4.08. The fourth-order valence-electron chi connectivity index (χ4n) is 1.41. The summed E-state index contributed by atoms with van der Waals surface area (Å²) in [5.74, 6) is 1.11. The molecule has 0 saturated heterocycles. The first-order valence-corrected chi connectivity index (χ1v) is 5.88. The molecule has 8 heteroatoms. The highest BCUT2D eigenvalue weighted by Gasteiger charge is 2.13. The van der Waals surface area contributed by atoms with E-state index >= 15 is 0 Å². The lowest BCUT2D eigenvalue weighted by Gasteiger charge is -2.22. The topological polar surface area (TPSA) is 104 Å². The highest BCUT2D eigenvalue weighted by Crippen LogP contribution is 2.13. The zero-order valence-electron chi connectivity index (χ0n) is 11.5. The largest absolute Gasteiger partial charge is 0.383 e. The number of nitrogen functional groups attached to an aromatic ring is 1. The first-order valence-electron chi connectivity index (χ1n) is 5.88. The monoisotopic (exact) mass is 265 g/mol. The molecule has 0 spiro atoms. The number of hydrogen-bond acceptors (Lipinski definition) is 8. The maximum atomic E-state index is 8.69. The van der Waals surface area contributed by atoms with Crippen molar-refractivity contribution in [1.29, 1.82) is 5.26 Å². The minimum absolute atomic E-state index is 0.160. The fraction of sp³-hybridized carbons (Fsp3) is 0.636. The van der Waals surface area contributed by atoms with Crippen molar-refractivity contribution in [2.75, 3.05) is 56.4 Å². The second-order valence-corrected chi connectivity index (χ2v) is 4.08. The molecule has 1 aromatic heterocycles. The quantitative estimate of drug-likeness (QED) is 0.728. The van der Waals surface area contributed by atoms with Crippen LogP contribution in [0.2, 0.25) is 0 Å². The van der Waals surface area contributed by atoms with Gasteiger partial charge in [-0.25, -0.2) is 0 Å². The lowest BCUT2D eigenvalue weighted by Crippen LogP contribution is -2.31. The van der Waals surface area contributed by atoms with Crippen LogP contribution in [0.25, 0.3) is 0 Å². The van der Waals surface area contributed by atoms with Crippen LogP contribution in [0.1, 0.15) is 6.42 Å². The number of nitrogens with two attached hydrogens (primary N) is 1. The molecule has 1 rings (SSSR count). The van der Waals surface area contributed by atoms with Crippen LogP contribution in [0.4, 0.5) is 17.8 Å². The average Bonchev–Trinajstić information content (AvgIpc) is 2.38. The maximum Gasteiger partial charge on any atom is 0.232 e. The van der Waals surface area contributed by atoms with E-state index in [1.54, 1.807) is 12.0 Å². The Morgan fingerprint density at radius 1 is 1.21 bits per heavy atom. The molecular formula is C11H19N7O. The molecule has 0 unspecified atom stereocenters. The Hall–Kier alpha value is -2.14. The predicted molar refractivity (Wildman–Crippen MR) is 72.9 cm³/mol. The van der Waals surface area contributed by atoms with Gasteiger partial charge in [0.15, 0.2) is 0 Å². The minimum atomic E-state index is 0.160. The molecule has 0 atom stereocenters. The van der Waals surface area contributed by atoms with Gasteiger partial charge in [0.25, 0.3) is 0 Å². The molecule has 104 valence electrons. The van der Waals surface area contributed by atoms with Gasteiger partial charge in [0, 0.05) is 34.3 Å². The van der Waals surface area contributed by atoms with Crippen LogP contribution >= 0.6 is 0 Å². The van der Waals surface area contributed by atoms with E-state index in [0.717, 1.165) is 0 Å². The van der Waals surface area contributed by atoms with Gasteiger partial charge in [-0.3, -0.25) is 0 Å². The first kappa shape index (κ1) is 14.9.